The molecule has 2 aromatic carbocycles. The van der Waals surface area contributed by atoms with E-state index in [2.05, 4.69) is 41.5 Å². The highest BCUT2D eigenvalue weighted by molar-refractivity contribution is 14.0. The van der Waals surface area contributed by atoms with Crippen LogP contribution in [0.1, 0.15) is 11.1 Å². The van der Waals surface area contributed by atoms with Gasteiger partial charge in [0.05, 0.1) is 6.54 Å². The van der Waals surface area contributed by atoms with Crippen LogP contribution in [0.3, 0.4) is 0 Å². The second-order valence-corrected chi connectivity index (χ2v) is 4.18. The van der Waals surface area contributed by atoms with Crippen LogP contribution < -0.4 is 11.1 Å². The van der Waals surface area contributed by atoms with Crippen LogP contribution in [0.2, 0.25) is 0 Å². The lowest BCUT2D eigenvalue weighted by Crippen LogP contribution is -2.22. The number of nitrogens with two attached hydrogens (primary N) is 1. The average Bonchev–Trinajstić information content (AvgIpc) is 2.39. The number of halogens is 1. The third-order valence-electron chi connectivity index (χ3n) is 2.60. The van der Waals surface area contributed by atoms with Gasteiger partial charge in [-0.2, -0.15) is 0 Å². The first-order valence-electron chi connectivity index (χ1n) is 5.91. The van der Waals surface area contributed by atoms with E-state index in [1.165, 1.54) is 5.56 Å². The predicted octanol–water partition coefficient (Wildman–Crippen LogP) is 3.54. The van der Waals surface area contributed by atoms with Gasteiger partial charge >= 0.3 is 0 Å². The summed E-state index contributed by atoms with van der Waals surface area (Å²) in [6.45, 7) is 2.66. The molecular formula is C15H18IN3. The Morgan fingerprint density at radius 2 is 1.68 bits per heavy atom. The summed E-state index contributed by atoms with van der Waals surface area (Å²) in [6, 6.07) is 18.1. The third kappa shape index (κ3) is 5.30. The maximum atomic E-state index is 5.82. The molecule has 0 heterocycles. The number of para-hydroxylation sites is 1. The first-order valence-corrected chi connectivity index (χ1v) is 5.91. The smallest absolute Gasteiger partial charge is 0.193 e. The number of benzene rings is 2. The molecular weight excluding hydrogens is 349 g/mol. The van der Waals surface area contributed by atoms with Gasteiger partial charge < -0.3 is 11.1 Å². The molecule has 0 amide bonds. The number of hydrogen-bond donors (Lipinski definition) is 2. The van der Waals surface area contributed by atoms with Crippen molar-refractivity contribution in [1.29, 1.82) is 0 Å². The van der Waals surface area contributed by atoms with E-state index in [9.17, 15) is 0 Å². The molecule has 2 rings (SSSR count). The number of aliphatic imine (C=N–C) groups is 1. The summed E-state index contributed by atoms with van der Waals surface area (Å²) in [5.41, 5.74) is 9.17. The highest BCUT2D eigenvalue weighted by Gasteiger charge is 1.94. The fourth-order valence-corrected chi connectivity index (χ4v) is 1.58. The van der Waals surface area contributed by atoms with Crippen LogP contribution in [-0.4, -0.2) is 5.96 Å². The van der Waals surface area contributed by atoms with E-state index in [1.54, 1.807) is 0 Å². The lowest BCUT2D eigenvalue weighted by molar-refractivity contribution is 1.06. The average molecular weight is 367 g/mol. The molecule has 3 N–H and O–H groups in total. The first-order chi connectivity index (χ1) is 8.74. The Balaban J connectivity index is 0.00000180. The van der Waals surface area contributed by atoms with Crippen LogP contribution in [0.4, 0.5) is 5.69 Å². The monoisotopic (exact) mass is 367 g/mol. The zero-order valence-electron chi connectivity index (χ0n) is 10.8. The van der Waals surface area contributed by atoms with E-state index in [0.717, 1.165) is 11.3 Å². The molecule has 19 heavy (non-hydrogen) atoms. The predicted molar refractivity (Wildman–Crippen MR) is 92.0 cm³/mol. The molecule has 3 nitrogen and oxygen atoms in total. The lowest BCUT2D eigenvalue weighted by Gasteiger charge is -2.05. The summed E-state index contributed by atoms with van der Waals surface area (Å²) in [5, 5.41) is 3.05. The number of aryl methyl sites for hydroxylation is 1. The standard InChI is InChI=1S/C15H17N3.HI/c1-12-7-9-13(10-8-12)11-17-15(16)18-14-5-3-2-4-6-14;/h2-10H,11H2,1H3,(H3,16,17,18);1H. The molecule has 0 spiro atoms. The molecule has 100 valence electrons. The van der Waals surface area contributed by atoms with E-state index in [4.69, 9.17) is 5.73 Å². The maximum absolute atomic E-state index is 5.82. The van der Waals surface area contributed by atoms with E-state index in [0.29, 0.717) is 12.5 Å². The van der Waals surface area contributed by atoms with Gasteiger partial charge in [-0.1, -0.05) is 48.0 Å². The summed E-state index contributed by atoms with van der Waals surface area (Å²) in [7, 11) is 0. The summed E-state index contributed by atoms with van der Waals surface area (Å²) in [5.74, 6) is 0.432. The van der Waals surface area contributed by atoms with Crippen LogP contribution in [0.15, 0.2) is 59.6 Å². The van der Waals surface area contributed by atoms with Gasteiger partial charge in [-0.3, -0.25) is 0 Å². The quantitative estimate of drug-likeness (QED) is 0.495. The van der Waals surface area contributed by atoms with Gasteiger partial charge in [0.2, 0.25) is 0 Å². The van der Waals surface area contributed by atoms with Gasteiger partial charge in [0.1, 0.15) is 0 Å². The van der Waals surface area contributed by atoms with Crippen molar-refractivity contribution < 1.29 is 0 Å². The molecule has 0 bridgehead atoms. The van der Waals surface area contributed by atoms with E-state index in [1.807, 2.05) is 30.3 Å². The zero-order valence-corrected chi connectivity index (χ0v) is 13.2. The molecule has 0 atom stereocenters. The normalized spacial score (nSPS) is 10.7. The molecule has 2 aromatic rings. The fraction of sp³-hybridized carbons (Fsp3) is 0.133. The number of guanidine groups is 1. The minimum Gasteiger partial charge on any atom is -0.370 e. The first kappa shape index (κ1) is 15.5. The van der Waals surface area contributed by atoms with Crippen molar-refractivity contribution in [1.82, 2.24) is 0 Å². The fourth-order valence-electron chi connectivity index (χ4n) is 1.58. The second-order valence-electron chi connectivity index (χ2n) is 4.18. The SMILES string of the molecule is Cc1ccc(CN=C(N)Nc2ccccc2)cc1.I. The molecule has 0 aliphatic carbocycles. The van der Waals surface area contributed by atoms with E-state index < -0.39 is 0 Å². The van der Waals surface area contributed by atoms with Gasteiger partial charge in [-0.25, -0.2) is 4.99 Å². The molecule has 0 saturated heterocycles. The Morgan fingerprint density at radius 1 is 1.05 bits per heavy atom. The van der Waals surface area contributed by atoms with Crippen LogP contribution >= 0.6 is 24.0 Å². The maximum Gasteiger partial charge on any atom is 0.193 e. The number of hydrogen-bond acceptors (Lipinski definition) is 1. The van der Waals surface area contributed by atoms with Crippen molar-refractivity contribution in [3.63, 3.8) is 0 Å². The minimum atomic E-state index is 0. The van der Waals surface area contributed by atoms with Crippen molar-refractivity contribution in [3.05, 3.63) is 65.7 Å². The van der Waals surface area contributed by atoms with Crippen molar-refractivity contribution in [2.45, 2.75) is 13.5 Å². The molecule has 0 saturated carbocycles. The molecule has 0 aromatic heterocycles. The lowest BCUT2D eigenvalue weighted by atomic mass is 10.1. The van der Waals surface area contributed by atoms with Gasteiger partial charge in [0.15, 0.2) is 5.96 Å². The highest BCUT2D eigenvalue weighted by atomic mass is 127. The van der Waals surface area contributed by atoms with Crippen molar-refractivity contribution >= 4 is 35.6 Å². The van der Waals surface area contributed by atoms with E-state index in [-0.39, 0.29) is 24.0 Å². The third-order valence-corrected chi connectivity index (χ3v) is 2.60. The molecule has 0 unspecified atom stereocenters. The summed E-state index contributed by atoms with van der Waals surface area (Å²) in [4.78, 5) is 4.30. The number of nitrogens with zero attached hydrogens (tertiary/aromatic N) is 1. The van der Waals surface area contributed by atoms with Crippen LogP contribution in [0.5, 0.6) is 0 Å². The van der Waals surface area contributed by atoms with Crippen molar-refractivity contribution in [2.75, 3.05) is 5.32 Å². The number of anilines is 1. The Morgan fingerprint density at radius 3 is 2.32 bits per heavy atom. The second kappa shape index (κ2) is 7.78. The van der Waals surface area contributed by atoms with Gasteiger partial charge in [-0.05, 0) is 24.6 Å². The Bertz CT molecular complexity index is 521. The summed E-state index contributed by atoms with van der Waals surface area (Å²) >= 11 is 0. The summed E-state index contributed by atoms with van der Waals surface area (Å²) in [6.07, 6.45) is 0. The van der Waals surface area contributed by atoms with Crippen LogP contribution in [-0.2, 0) is 6.54 Å². The largest absolute Gasteiger partial charge is 0.370 e. The Labute approximate surface area is 131 Å². The van der Waals surface area contributed by atoms with Crippen molar-refractivity contribution in [3.8, 4) is 0 Å². The van der Waals surface area contributed by atoms with Crippen LogP contribution in [0.25, 0.3) is 0 Å². The summed E-state index contributed by atoms with van der Waals surface area (Å²) < 4.78 is 0. The number of rotatable bonds is 3. The van der Waals surface area contributed by atoms with Gasteiger partial charge in [-0.15, -0.1) is 24.0 Å². The zero-order chi connectivity index (χ0) is 12.8. The number of nitrogens with one attached hydrogen (secondary N) is 1. The van der Waals surface area contributed by atoms with Crippen molar-refractivity contribution in [2.24, 2.45) is 10.7 Å². The highest BCUT2D eigenvalue weighted by Crippen LogP contribution is 2.06. The Hall–Kier alpha value is -1.56. The molecule has 0 aliphatic rings. The topological polar surface area (TPSA) is 50.4 Å². The Kier molecular flexibility index (Phi) is 6.35. The molecule has 0 fully saturated rings. The van der Waals surface area contributed by atoms with E-state index >= 15 is 0 Å². The minimum absolute atomic E-state index is 0. The molecule has 0 aliphatic heterocycles. The van der Waals surface area contributed by atoms with Crippen LogP contribution in [0, 0.1) is 6.92 Å². The molecule has 0 radical (unpaired) electrons. The van der Waals surface area contributed by atoms with Gasteiger partial charge in [0, 0.05) is 5.69 Å². The van der Waals surface area contributed by atoms with Gasteiger partial charge in [0.25, 0.3) is 0 Å². The molecule has 4 heteroatoms.